The fraction of sp³-hybridized carbons (Fsp3) is 0.483. The lowest BCUT2D eigenvalue weighted by molar-refractivity contribution is -0.122. The third-order valence-electron chi connectivity index (χ3n) is 6.87. The number of ether oxygens (including phenoxy) is 1. The van der Waals surface area contributed by atoms with E-state index in [0.717, 1.165) is 86.1 Å². The lowest BCUT2D eigenvalue weighted by Gasteiger charge is -2.34. The molecule has 1 aliphatic heterocycles. The average molecular weight is 526 g/mol. The minimum Gasteiger partial charge on any atom is -0.494 e. The van der Waals surface area contributed by atoms with Crippen molar-refractivity contribution < 1.29 is 9.53 Å². The Balaban J connectivity index is 1.09. The predicted molar refractivity (Wildman–Crippen MR) is 152 cm³/mol. The molecule has 1 fully saturated rings. The Morgan fingerprint density at radius 3 is 2.49 bits per heavy atom. The summed E-state index contributed by atoms with van der Waals surface area (Å²) in [4.78, 5) is 18.9. The number of amides is 1. The summed E-state index contributed by atoms with van der Waals surface area (Å²) in [5.41, 5.74) is 2.25. The molecule has 2 aromatic carbocycles. The SMILES string of the molecule is CN(C)CCNC(=O)CN1CCN(CCCCCOc2ccc3c(ccn3-c3ccc(Cl)cc3)c2)CC1. The van der Waals surface area contributed by atoms with Gasteiger partial charge in [-0.15, -0.1) is 0 Å². The van der Waals surface area contributed by atoms with Crippen LogP contribution in [0.2, 0.25) is 5.02 Å². The van der Waals surface area contributed by atoms with Crippen LogP contribution in [0.5, 0.6) is 5.75 Å². The number of nitrogens with zero attached hydrogens (tertiary/aromatic N) is 4. The first-order valence-corrected chi connectivity index (χ1v) is 13.7. The second kappa shape index (κ2) is 13.8. The minimum absolute atomic E-state index is 0.133. The van der Waals surface area contributed by atoms with Gasteiger partial charge in [-0.05, 0) is 88.4 Å². The van der Waals surface area contributed by atoms with Gasteiger partial charge in [-0.2, -0.15) is 0 Å². The molecular weight excluding hydrogens is 486 g/mol. The molecule has 0 atom stereocenters. The van der Waals surface area contributed by atoms with E-state index in [1.807, 2.05) is 38.4 Å². The van der Waals surface area contributed by atoms with Crippen molar-refractivity contribution in [3.8, 4) is 11.4 Å². The van der Waals surface area contributed by atoms with Gasteiger partial charge in [0.2, 0.25) is 5.91 Å². The molecule has 0 unspecified atom stereocenters. The number of hydrogen-bond acceptors (Lipinski definition) is 5. The molecule has 0 aliphatic carbocycles. The van der Waals surface area contributed by atoms with Gasteiger partial charge in [0, 0.05) is 61.6 Å². The monoisotopic (exact) mass is 525 g/mol. The number of benzene rings is 2. The molecule has 7 nitrogen and oxygen atoms in total. The summed E-state index contributed by atoms with van der Waals surface area (Å²) in [6.07, 6.45) is 5.47. The molecule has 1 saturated heterocycles. The van der Waals surface area contributed by atoms with Crippen molar-refractivity contribution in [1.82, 2.24) is 24.6 Å². The highest BCUT2D eigenvalue weighted by Gasteiger charge is 2.18. The summed E-state index contributed by atoms with van der Waals surface area (Å²) in [6.45, 7) is 7.96. The molecule has 1 aromatic heterocycles. The Labute approximate surface area is 225 Å². The third kappa shape index (κ3) is 8.47. The second-order valence-corrected chi connectivity index (χ2v) is 10.5. The zero-order chi connectivity index (χ0) is 26.0. The molecule has 2 heterocycles. The van der Waals surface area contributed by atoms with Gasteiger partial charge in [0.15, 0.2) is 0 Å². The van der Waals surface area contributed by atoms with Crippen LogP contribution in [-0.2, 0) is 4.79 Å². The van der Waals surface area contributed by atoms with Gasteiger partial charge >= 0.3 is 0 Å². The first-order valence-electron chi connectivity index (χ1n) is 13.3. The zero-order valence-electron chi connectivity index (χ0n) is 22.2. The van der Waals surface area contributed by atoms with E-state index in [1.54, 1.807) is 0 Å². The summed E-state index contributed by atoms with van der Waals surface area (Å²) >= 11 is 6.03. The Hall–Kier alpha value is -2.58. The molecule has 4 rings (SSSR count). The Morgan fingerprint density at radius 2 is 1.73 bits per heavy atom. The molecule has 8 heteroatoms. The Kier molecular flexibility index (Phi) is 10.3. The number of rotatable bonds is 13. The number of fused-ring (bicyclic) bond motifs is 1. The molecule has 0 saturated carbocycles. The van der Waals surface area contributed by atoms with Crippen molar-refractivity contribution in [2.45, 2.75) is 19.3 Å². The fourth-order valence-corrected chi connectivity index (χ4v) is 4.82. The molecule has 3 aromatic rings. The number of halogens is 1. The lowest BCUT2D eigenvalue weighted by atomic mass is 10.2. The summed E-state index contributed by atoms with van der Waals surface area (Å²) in [5, 5.41) is 4.91. The molecule has 1 aliphatic rings. The van der Waals surface area contributed by atoms with Crippen LogP contribution in [0.4, 0.5) is 0 Å². The maximum atomic E-state index is 12.1. The fourth-order valence-electron chi connectivity index (χ4n) is 4.69. The number of likely N-dealkylation sites (N-methyl/N-ethyl adjacent to an activating group) is 1. The largest absolute Gasteiger partial charge is 0.494 e. The minimum atomic E-state index is 0.133. The van der Waals surface area contributed by atoms with Crippen molar-refractivity contribution in [1.29, 1.82) is 0 Å². The van der Waals surface area contributed by atoms with Crippen molar-refractivity contribution >= 4 is 28.4 Å². The Bertz CT molecular complexity index is 1120. The predicted octanol–water partition coefficient (Wildman–Crippen LogP) is 4.13. The average Bonchev–Trinajstić information content (AvgIpc) is 3.30. The first-order chi connectivity index (χ1) is 18.0. The van der Waals surface area contributed by atoms with Crippen LogP contribution in [0.3, 0.4) is 0 Å². The van der Waals surface area contributed by atoms with E-state index < -0.39 is 0 Å². The second-order valence-electron chi connectivity index (χ2n) is 10.1. The summed E-state index contributed by atoms with van der Waals surface area (Å²) < 4.78 is 8.20. The summed E-state index contributed by atoms with van der Waals surface area (Å²) in [6, 6.07) is 16.3. The van der Waals surface area contributed by atoms with E-state index in [2.05, 4.69) is 55.0 Å². The van der Waals surface area contributed by atoms with Crippen LogP contribution in [0.1, 0.15) is 19.3 Å². The molecule has 0 bridgehead atoms. The number of hydrogen-bond donors (Lipinski definition) is 1. The number of unbranched alkanes of at least 4 members (excludes halogenated alkanes) is 2. The van der Waals surface area contributed by atoms with Crippen molar-refractivity contribution in [2.75, 3.05) is 73.1 Å². The smallest absolute Gasteiger partial charge is 0.234 e. The lowest BCUT2D eigenvalue weighted by Crippen LogP contribution is -2.49. The highest BCUT2D eigenvalue weighted by Crippen LogP contribution is 2.25. The van der Waals surface area contributed by atoms with Crippen LogP contribution in [0.25, 0.3) is 16.6 Å². The zero-order valence-corrected chi connectivity index (χ0v) is 22.9. The highest BCUT2D eigenvalue weighted by molar-refractivity contribution is 6.30. The number of nitrogens with one attached hydrogen (secondary N) is 1. The van der Waals surface area contributed by atoms with Crippen LogP contribution in [0, 0.1) is 0 Å². The van der Waals surface area contributed by atoms with Crippen LogP contribution in [-0.4, -0.2) is 98.2 Å². The standard InChI is InChI=1S/C29H40ClN5O2/c1-32(2)16-13-31-29(36)23-34-19-17-33(18-20-34)14-4-3-5-21-37-27-10-11-28-24(22-27)12-15-35(28)26-8-6-25(30)7-9-26/h6-12,15,22H,3-5,13-14,16-21,23H2,1-2H3,(H,31,36). The third-order valence-corrected chi connectivity index (χ3v) is 7.12. The van der Waals surface area contributed by atoms with Crippen LogP contribution < -0.4 is 10.1 Å². The summed E-state index contributed by atoms with van der Waals surface area (Å²) in [7, 11) is 4.03. The van der Waals surface area contributed by atoms with Gasteiger partial charge in [-0.1, -0.05) is 11.6 Å². The van der Waals surface area contributed by atoms with Crippen molar-refractivity contribution in [3.63, 3.8) is 0 Å². The van der Waals surface area contributed by atoms with Gasteiger partial charge in [-0.25, -0.2) is 0 Å². The Morgan fingerprint density at radius 1 is 0.973 bits per heavy atom. The number of carbonyl (C=O) groups is 1. The number of aromatic nitrogens is 1. The quantitative estimate of drug-likeness (QED) is 0.340. The van der Waals surface area contributed by atoms with Gasteiger partial charge in [0.1, 0.15) is 5.75 Å². The van der Waals surface area contributed by atoms with E-state index in [1.165, 1.54) is 6.42 Å². The van der Waals surface area contributed by atoms with Crippen molar-refractivity contribution in [3.05, 3.63) is 59.8 Å². The van der Waals surface area contributed by atoms with E-state index in [4.69, 9.17) is 16.3 Å². The molecular formula is C29H40ClN5O2. The van der Waals surface area contributed by atoms with E-state index >= 15 is 0 Å². The summed E-state index contributed by atoms with van der Waals surface area (Å²) in [5.74, 6) is 1.05. The van der Waals surface area contributed by atoms with E-state index in [9.17, 15) is 4.79 Å². The van der Waals surface area contributed by atoms with Crippen LogP contribution >= 0.6 is 11.6 Å². The molecule has 37 heavy (non-hydrogen) atoms. The number of carbonyl (C=O) groups excluding carboxylic acids is 1. The van der Waals surface area contributed by atoms with Crippen molar-refractivity contribution in [2.24, 2.45) is 0 Å². The topological polar surface area (TPSA) is 53.0 Å². The number of piperazine rings is 1. The molecule has 0 spiro atoms. The molecule has 1 amide bonds. The van der Waals surface area contributed by atoms with E-state index in [-0.39, 0.29) is 5.91 Å². The highest BCUT2D eigenvalue weighted by atomic mass is 35.5. The maximum Gasteiger partial charge on any atom is 0.234 e. The van der Waals surface area contributed by atoms with Gasteiger partial charge in [0.05, 0.1) is 18.7 Å². The normalized spacial score (nSPS) is 14.9. The molecule has 0 radical (unpaired) electrons. The van der Waals surface area contributed by atoms with Gasteiger partial charge in [-0.3, -0.25) is 9.69 Å². The van der Waals surface area contributed by atoms with Gasteiger partial charge in [0.25, 0.3) is 0 Å². The molecule has 200 valence electrons. The van der Waals surface area contributed by atoms with Crippen LogP contribution in [0.15, 0.2) is 54.7 Å². The molecule has 1 N–H and O–H groups in total. The van der Waals surface area contributed by atoms with Gasteiger partial charge < -0.3 is 24.4 Å². The first kappa shape index (κ1) is 27.5. The maximum absolute atomic E-state index is 12.1. The van der Waals surface area contributed by atoms with E-state index in [0.29, 0.717) is 13.1 Å².